The third kappa shape index (κ3) is 4.09. The predicted octanol–water partition coefficient (Wildman–Crippen LogP) is 2.04. The molecular weight excluding hydrogens is 467 g/mol. The van der Waals surface area contributed by atoms with E-state index in [-0.39, 0.29) is 19.0 Å². The van der Waals surface area contributed by atoms with Crippen LogP contribution in [0.15, 0.2) is 42.5 Å². The van der Waals surface area contributed by atoms with Gasteiger partial charge in [-0.1, -0.05) is 12.1 Å². The van der Waals surface area contributed by atoms with E-state index in [1.165, 1.54) is 22.9 Å². The molecule has 4 aromatic rings. The zero-order valence-electron chi connectivity index (χ0n) is 19.5. The number of aliphatic hydroxyl groups excluding tert-OH is 1. The summed E-state index contributed by atoms with van der Waals surface area (Å²) in [6.45, 7) is 3.42. The molecule has 5 rings (SSSR count). The van der Waals surface area contributed by atoms with Crippen molar-refractivity contribution in [3.8, 4) is 0 Å². The van der Waals surface area contributed by atoms with Crippen LogP contribution in [0.1, 0.15) is 32.9 Å². The van der Waals surface area contributed by atoms with Crippen molar-refractivity contribution in [2.45, 2.75) is 26.5 Å². The highest BCUT2D eigenvalue weighted by molar-refractivity contribution is 6.34. The largest absolute Gasteiger partial charge is 0.691 e. The number of nitrogens with zero attached hydrogens (tertiary/aromatic N) is 3. The van der Waals surface area contributed by atoms with E-state index in [0.717, 1.165) is 0 Å². The molecule has 2 aromatic heterocycles. The maximum absolute atomic E-state index is 13.8. The summed E-state index contributed by atoms with van der Waals surface area (Å²) in [4.78, 5) is 29.0. The number of carbonyl (C=O) groups excluding carboxylic acids is 2. The number of nitrogens with one attached hydrogen (secondary N) is 3. The average Bonchev–Trinajstić information content (AvgIpc) is 3.43. The molecule has 10 nitrogen and oxygen atoms in total. The van der Waals surface area contributed by atoms with Gasteiger partial charge in [0.15, 0.2) is 5.52 Å². The number of aliphatic hydroxyl groups is 1. The zero-order valence-corrected chi connectivity index (χ0v) is 19.5. The number of benzene rings is 2. The number of rotatable bonds is 6. The molecule has 2 aromatic carbocycles. The lowest BCUT2D eigenvalue weighted by atomic mass is 10.0. The first-order valence-electron chi connectivity index (χ1n) is 11.3. The molecule has 0 fully saturated rings. The molecule has 4 N–H and O–H groups in total. The molecule has 1 aliphatic rings. The van der Waals surface area contributed by atoms with Crippen LogP contribution in [0.4, 0.5) is 10.1 Å². The highest BCUT2D eigenvalue weighted by atomic mass is 19.1. The molecule has 0 spiro atoms. The number of aromatic nitrogens is 4. The number of amides is 2. The van der Waals surface area contributed by atoms with Crippen molar-refractivity contribution < 1.29 is 23.9 Å². The topological polar surface area (TPSA) is 139 Å². The molecule has 2 amide bonds. The van der Waals surface area contributed by atoms with Crippen molar-refractivity contribution >= 4 is 40.2 Å². The lowest BCUT2D eigenvalue weighted by Gasteiger charge is -2.10. The highest BCUT2D eigenvalue weighted by Crippen LogP contribution is 2.34. The van der Waals surface area contributed by atoms with E-state index < -0.39 is 17.8 Å². The number of hydrogen-bond acceptors (Lipinski definition) is 5. The Balaban J connectivity index is 1.31. The van der Waals surface area contributed by atoms with Crippen molar-refractivity contribution in [2.24, 2.45) is 0 Å². The van der Waals surface area contributed by atoms with E-state index in [9.17, 15) is 24.3 Å². The van der Waals surface area contributed by atoms with E-state index in [4.69, 9.17) is 0 Å². The first kappa shape index (κ1) is 23.2. The summed E-state index contributed by atoms with van der Waals surface area (Å²) < 4.78 is 15.1. The molecule has 0 aliphatic carbocycles. The molecule has 1 unspecified atom stereocenters. The summed E-state index contributed by atoms with van der Waals surface area (Å²) in [7, 11) is 0. The second-order valence-electron chi connectivity index (χ2n) is 8.66. The third-order valence-electron chi connectivity index (χ3n) is 6.19. The van der Waals surface area contributed by atoms with Crippen LogP contribution in [-0.4, -0.2) is 44.4 Å². The molecule has 0 bridgehead atoms. The van der Waals surface area contributed by atoms with Crippen LogP contribution in [0.5, 0.6) is 0 Å². The number of anilines is 1. The van der Waals surface area contributed by atoms with Gasteiger partial charge < -0.3 is 25.9 Å². The Morgan fingerprint density at radius 2 is 2.08 bits per heavy atom. The Hall–Kier alpha value is -4.51. The van der Waals surface area contributed by atoms with E-state index in [1.54, 1.807) is 44.2 Å². The molecule has 1 atom stereocenters. The third-order valence-corrected chi connectivity index (χ3v) is 6.19. The SMILES string of the molecule is Cc1[nH]c(/C=C2\C(=O)Nc3ccc(F)cc32)c(C)c1C(=O)NCC(O)Cn1n[n+]([O-])c2ccccc21. The summed E-state index contributed by atoms with van der Waals surface area (Å²) in [6, 6.07) is 10.9. The van der Waals surface area contributed by atoms with Gasteiger partial charge >= 0.3 is 0 Å². The molecular formula is C25H23FN6O4. The molecule has 0 saturated heterocycles. The highest BCUT2D eigenvalue weighted by Gasteiger charge is 2.26. The maximum Gasteiger partial charge on any atom is 0.256 e. The summed E-state index contributed by atoms with van der Waals surface area (Å²) in [6.07, 6.45) is 0.599. The van der Waals surface area contributed by atoms with Gasteiger partial charge in [-0.3, -0.25) is 9.59 Å². The van der Waals surface area contributed by atoms with Gasteiger partial charge in [-0.2, -0.15) is 0 Å². The monoisotopic (exact) mass is 490 g/mol. The molecule has 1 aliphatic heterocycles. The van der Waals surface area contributed by atoms with Crippen molar-refractivity contribution in [2.75, 3.05) is 11.9 Å². The fourth-order valence-corrected chi connectivity index (χ4v) is 4.44. The molecule has 3 heterocycles. The maximum atomic E-state index is 13.8. The smallest absolute Gasteiger partial charge is 0.256 e. The number of carbonyl (C=O) groups is 2. The molecule has 0 saturated carbocycles. The standard InChI is InChI=1S/C25H23FN6O4/c1-13-20(10-18-17-9-15(26)7-8-19(17)29-24(18)34)28-14(2)23(13)25(35)27-11-16(33)12-31-21-5-3-4-6-22(21)32(36)30-31/h3-10,16,28,33H,11-12H2,1-2H3,(H,27,35)(H,29,34)/b18-10-. The van der Waals surface area contributed by atoms with Crippen LogP contribution >= 0.6 is 0 Å². The molecule has 184 valence electrons. The van der Waals surface area contributed by atoms with E-state index in [0.29, 0.717) is 55.2 Å². The van der Waals surface area contributed by atoms with Crippen LogP contribution in [-0.2, 0) is 11.3 Å². The van der Waals surface area contributed by atoms with Gasteiger partial charge in [0.2, 0.25) is 5.52 Å². The van der Waals surface area contributed by atoms with Gasteiger partial charge in [-0.05, 0) is 55.8 Å². The van der Waals surface area contributed by atoms with Crippen LogP contribution in [0.3, 0.4) is 0 Å². The summed E-state index contributed by atoms with van der Waals surface area (Å²) in [5.41, 5.74) is 4.33. The minimum absolute atomic E-state index is 0.0174. The summed E-state index contributed by atoms with van der Waals surface area (Å²) >= 11 is 0. The Bertz CT molecular complexity index is 1550. The van der Waals surface area contributed by atoms with Crippen LogP contribution in [0.25, 0.3) is 22.7 Å². The van der Waals surface area contributed by atoms with Crippen LogP contribution < -0.4 is 15.5 Å². The van der Waals surface area contributed by atoms with Gasteiger partial charge in [0.05, 0.1) is 16.3 Å². The van der Waals surface area contributed by atoms with Gasteiger partial charge in [0.25, 0.3) is 11.8 Å². The fourth-order valence-electron chi connectivity index (χ4n) is 4.44. The minimum Gasteiger partial charge on any atom is -0.691 e. The Morgan fingerprint density at radius 3 is 2.89 bits per heavy atom. The number of aromatic amines is 1. The second-order valence-corrected chi connectivity index (χ2v) is 8.66. The van der Waals surface area contributed by atoms with E-state index in [1.807, 2.05) is 0 Å². The lowest BCUT2D eigenvalue weighted by Crippen LogP contribution is -2.36. The number of fused-ring (bicyclic) bond motifs is 2. The fraction of sp³-hybridized carbons (Fsp3) is 0.200. The first-order valence-corrected chi connectivity index (χ1v) is 11.3. The van der Waals surface area contributed by atoms with Crippen LogP contribution in [0, 0.1) is 24.9 Å². The number of hydrogen-bond donors (Lipinski definition) is 4. The van der Waals surface area contributed by atoms with Crippen molar-refractivity contribution in [3.05, 3.63) is 81.6 Å². The summed E-state index contributed by atoms with van der Waals surface area (Å²) in [5, 5.41) is 31.7. The molecule has 11 heteroatoms. The van der Waals surface area contributed by atoms with Gasteiger partial charge in [-0.25, -0.2) is 4.39 Å². The number of para-hydroxylation sites is 2. The van der Waals surface area contributed by atoms with E-state index in [2.05, 4.69) is 20.8 Å². The predicted molar refractivity (Wildman–Crippen MR) is 130 cm³/mol. The lowest BCUT2D eigenvalue weighted by molar-refractivity contribution is -0.646. The number of aryl methyl sites for hydroxylation is 1. The first-order chi connectivity index (χ1) is 17.2. The quantitative estimate of drug-likeness (QED) is 0.186. The van der Waals surface area contributed by atoms with Crippen molar-refractivity contribution in [1.29, 1.82) is 0 Å². The average molecular weight is 490 g/mol. The van der Waals surface area contributed by atoms with Gasteiger partial charge in [0.1, 0.15) is 18.5 Å². The van der Waals surface area contributed by atoms with Gasteiger partial charge in [-0.15, -0.1) is 9.53 Å². The van der Waals surface area contributed by atoms with Crippen molar-refractivity contribution in [3.63, 3.8) is 0 Å². The Kier molecular flexibility index (Phi) is 5.77. The number of H-pyrrole nitrogens is 1. The second kappa shape index (κ2) is 8.93. The molecule has 36 heavy (non-hydrogen) atoms. The minimum atomic E-state index is -0.994. The summed E-state index contributed by atoms with van der Waals surface area (Å²) in [5.74, 6) is -1.22. The van der Waals surface area contributed by atoms with Crippen LogP contribution in [0.2, 0.25) is 0 Å². The van der Waals surface area contributed by atoms with Crippen molar-refractivity contribution in [1.82, 2.24) is 20.2 Å². The zero-order chi connectivity index (χ0) is 25.6. The Morgan fingerprint density at radius 1 is 1.31 bits per heavy atom. The van der Waals surface area contributed by atoms with Gasteiger partial charge in [0, 0.05) is 29.2 Å². The number of halogens is 1. The molecule has 0 radical (unpaired) electrons. The van der Waals surface area contributed by atoms with E-state index >= 15 is 0 Å². The normalized spacial score (nSPS) is 14.8. The Labute approximate surface area is 204 Å².